The monoisotopic (exact) mass is 354 g/mol. The number of benzene rings is 1. The first kappa shape index (κ1) is 17.4. The van der Waals surface area contributed by atoms with Gasteiger partial charge in [0.25, 0.3) is 5.91 Å². The van der Waals surface area contributed by atoms with E-state index in [9.17, 15) is 18.0 Å². The highest BCUT2D eigenvalue weighted by Gasteiger charge is 2.33. The van der Waals surface area contributed by atoms with Gasteiger partial charge < -0.3 is 10.2 Å². The maximum absolute atomic E-state index is 12.6. The lowest BCUT2D eigenvalue weighted by molar-refractivity contribution is -0.137. The van der Waals surface area contributed by atoms with E-state index in [0.29, 0.717) is 19.5 Å². The van der Waals surface area contributed by atoms with E-state index in [0.717, 1.165) is 0 Å². The van der Waals surface area contributed by atoms with Gasteiger partial charge in [-0.25, -0.2) is 0 Å². The fourth-order valence-corrected chi connectivity index (χ4v) is 2.81. The van der Waals surface area contributed by atoms with Crippen molar-refractivity contribution in [2.45, 2.75) is 25.1 Å². The molecular formula is C14H15Cl2F3N2O. The van der Waals surface area contributed by atoms with Crippen LogP contribution in [0.15, 0.2) is 18.2 Å². The van der Waals surface area contributed by atoms with Crippen LogP contribution in [0.3, 0.4) is 0 Å². The van der Waals surface area contributed by atoms with Crippen molar-refractivity contribution in [1.29, 1.82) is 0 Å². The van der Waals surface area contributed by atoms with E-state index < -0.39 is 25.0 Å². The molecule has 122 valence electrons. The molecule has 0 unspecified atom stereocenters. The zero-order valence-corrected chi connectivity index (χ0v) is 13.1. The van der Waals surface area contributed by atoms with Gasteiger partial charge >= 0.3 is 6.18 Å². The third-order valence-corrected chi connectivity index (χ3v) is 4.37. The number of carbonyl (C=O) groups excluding carboxylic acids is 1. The highest BCUT2D eigenvalue weighted by Crippen LogP contribution is 2.28. The number of alkyl halides is 3. The van der Waals surface area contributed by atoms with Crippen molar-refractivity contribution >= 4 is 29.1 Å². The second-order valence-electron chi connectivity index (χ2n) is 5.11. The van der Waals surface area contributed by atoms with Crippen molar-refractivity contribution in [2.24, 2.45) is 0 Å². The first-order valence-corrected chi connectivity index (χ1v) is 7.57. The van der Waals surface area contributed by atoms with Gasteiger partial charge in [0.05, 0.1) is 22.0 Å². The Hall–Kier alpha value is -0.980. The third-order valence-electron chi connectivity index (χ3n) is 3.55. The highest BCUT2D eigenvalue weighted by molar-refractivity contribution is 6.43. The largest absolute Gasteiger partial charge is 0.390 e. The van der Waals surface area contributed by atoms with E-state index >= 15 is 0 Å². The first-order valence-electron chi connectivity index (χ1n) is 6.82. The molecule has 1 aromatic rings. The molecule has 1 atom stereocenters. The quantitative estimate of drug-likeness (QED) is 0.892. The average Bonchev–Trinajstić information content (AvgIpc) is 2.94. The molecule has 0 aromatic heterocycles. The predicted molar refractivity (Wildman–Crippen MR) is 79.4 cm³/mol. The average molecular weight is 355 g/mol. The van der Waals surface area contributed by atoms with Crippen molar-refractivity contribution in [3.63, 3.8) is 0 Å². The minimum Gasteiger partial charge on any atom is -0.334 e. The number of nitrogens with zero attached hydrogens (tertiary/aromatic N) is 1. The molecule has 1 fully saturated rings. The Labute approximate surface area is 136 Å². The summed E-state index contributed by atoms with van der Waals surface area (Å²) in [5.41, 5.74) is 0.128. The third kappa shape index (κ3) is 4.27. The molecular weight excluding hydrogens is 340 g/mol. The highest BCUT2D eigenvalue weighted by atomic mass is 35.5. The SMILES string of the molecule is O=C(c1cccc(Cl)c1Cl)N(CCC(F)(F)F)[C@H]1CCNC1. The molecule has 8 heteroatoms. The fraction of sp³-hybridized carbons (Fsp3) is 0.500. The number of nitrogens with one attached hydrogen (secondary N) is 1. The lowest BCUT2D eigenvalue weighted by Gasteiger charge is -2.29. The van der Waals surface area contributed by atoms with Crippen LogP contribution in [0.4, 0.5) is 13.2 Å². The summed E-state index contributed by atoms with van der Waals surface area (Å²) in [5.74, 6) is -0.523. The molecule has 0 aliphatic carbocycles. The van der Waals surface area contributed by atoms with E-state index in [-0.39, 0.29) is 21.7 Å². The molecule has 3 nitrogen and oxygen atoms in total. The molecule has 0 radical (unpaired) electrons. The van der Waals surface area contributed by atoms with Crippen molar-refractivity contribution < 1.29 is 18.0 Å². The van der Waals surface area contributed by atoms with Gasteiger partial charge in [-0.1, -0.05) is 29.3 Å². The fourth-order valence-electron chi connectivity index (χ4n) is 2.43. The lowest BCUT2D eigenvalue weighted by Crippen LogP contribution is -2.43. The summed E-state index contributed by atoms with van der Waals surface area (Å²) in [7, 11) is 0. The second-order valence-corrected chi connectivity index (χ2v) is 5.90. The van der Waals surface area contributed by atoms with Crippen LogP contribution in [0.25, 0.3) is 0 Å². The Kier molecular flexibility index (Phi) is 5.58. The Morgan fingerprint density at radius 3 is 2.68 bits per heavy atom. The van der Waals surface area contributed by atoms with E-state index in [4.69, 9.17) is 23.2 Å². The molecule has 1 aliphatic rings. The molecule has 0 spiro atoms. The molecule has 2 rings (SSSR count). The topological polar surface area (TPSA) is 32.3 Å². The number of halogens is 5. The van der Waals surface area contributed by atoms with Crippen LogP contribution in [0.1, 0.15) is 23.2 Å². The van der Waals surface area contributed by atoms with E-state index in [1.807, 2.05) is 0 Å². The summed E-state index contributed by atoms with van der Waals surface area (Å²) >= 11 is 11.9. The number of hydrogen-bond donors (Lipinski definition) is 1. The smallest absolute Gasteiger partial charge is 0.334 e. The predicted octanol–water partition coefficient (Wildman–Crippen LogP) is 3.75. The molecule has 22 heavy (non-hydrogen) atoms. The number of carbonyl (C=O) groups is 1. The van der Waals surface area contributed by atoms with Crippen LogP contribution in [0.5, 0.6) is 0 Å². The molecule has 1 aliphatic heterocycles. The normalized spacial score (nSPS) is 18.5. The van der Waals surface area contributed by atoms with Gasteiger partial charge in [0.2, 0.25) is 0 Å². The van der Waals surface area contributed by atoms with Crippen LogP contribution in [-0.2, 0) is 0 Å². The number of hydrogen-bond acceptors (Lipinski definition) is 2. The van der Waals surface area contributed by atoms with E-state index in [1.54, 1.807) is 6.07 Å². The zero-order valence-electron chi connectivity index (χ0n) is 11.6. The van der Waals surface area contributed by atoms with Crippen molar-refractivity contribution in [3.8, 4) is 0 Å². The summed E-state index contributed by atoms with van der Waals surface area (Å²) in [6, 6.07) is 4.28. The molecule has 1 N–H and O–H groups in total. The molecule has 0 bridgehead atoms. The minimum atomic E-state index is -4.32. The molecule has 1 amide bonds. The van der Waals surface area contributed by atoms with E-state index in [2.05, 4.69) is 5.32 Å². The lowest BCUT2D eigenvalue weighted by atomic mass is 10.1. The van der Waals surface area contributed by atoms with Crippen molar-refractivity contribution in [3.05, 3.63) is 33.8 Å². The van der Waals surface area contributed by atoms with Crippen LogP contribution in [0, 0.1) is 0 Å². The van der Waals surface area contributed by atoms with Gasteiger partial charge in [-0.05, 0) is 25.1 Å². The van der Waals surface area contributed by atoms with Gasteiger partial charge in [0.15, 0.2) is 0 Å². The molecule has 1 aromatic carbocycles. The Balaban J connectivity index is 2.23. The van der Waals surface area contributed by atoms with Gasteiger partial charge in [0.1, 0.15) is 0 Å². The summed E-state index contributed by atoms with van der Waals surface area (Å²) < 4.78 is 37.5. The maximum Gasteiger partial charge on any atom is 0.390 e. The summed E-state index contributed by atoms with van der Waals surface area (Å²) in [5, 5.41) is 3.32. The van der Waals surface area contributed by atoms with Crippen LogP contribution < -0.4 is 5.32 Å². The molecule has 1 heterocycles. The van der Waals surface area contributed by atoms with Crippen LogP contribution in [-0.4, -0.2) is 42.7 Å². The number of amides is 1. The molecule has 1 saturated heterocycles. The zero-order chi connectivity index (χ0) is 16.3. The number of rotatable bonds is 4. The van der Waals surface area contributed by atoms with E-state index in [1.165, 1.54) is 17.0 Å². The summed E-state index contributed by atoms with van der Waals surface area (Å²) in [6.45, 7) is 0.753. The van der Waals surface area contributed by atoms with Crippen LogP contribution >= 0.6 is 23.2 Å². The first-order chi connectivity index (χ1) is 10.3. The van der Waals surface area contributed by atoms with Crippen molar-refractivity contribution in [1.82, 2.24) is 10.2 Å². The molecule has 0 saturated carbocycles. The summed E-state index contributed by atoms with van der Waals surface area (Å²) in [6.07, 6.45) is -4.75. The standard InChI is InChI=1S/C14H15Cl2F3N2O/c15-11-3-1-2-10(12(11)16)13(22)21(7-5-14(17,18)19)9-4-6-20-8-9/h1-3,9,20H,4-8H2/t9-/m0/s1. The van der Waals surface area contributed by atoms with Gasteiger partial charge in [-0.15, -0.1) is 0 Å². The van der Waals surface area contributed by atoms with Gasteiger partial charge in [0, 0.05) is 19.1 Å². The maximum atomic E-state index is 12.6. The minimum absolute atomic E-state index is 0.0668. The van der Waals surface area contributed by atoms with Crippen molar-refractivity contribution in [2.75, 3.05) is 19.6 Å². The Morgan fingerprint density at radius 2 is 2.09 bits per heavy atom. The Bertz CT molecular complexity index is 545. The second kappa shape index (κ2) is 7.06. The Morgan fingerprint density at radius 1 is 1.36 bits per heavy atom. The summed E-state index contributed by atoms with van der Waals surface area (Å²) in [4.78, 5) is 13.9. The van der Waals surface area contributed by atoms with Gasteiger partial charge in [-0.3, -0.25) is 4.79 Å². The van der Waals surface area contributed by atoms with Gasteiger partial charge in [-0.2, -0.15) is 13.2 Å². The van der Waals surface area contributed by atoms with Crippen LogP contribution in [0.2, 0.25) is 10.0 Å².